The van der Waals surface area contributed by atoms with E-state index in [2.05, 4.69) is 81.5 Å². The van der Waals surface area contributed by atoms with Gasteiger partial charge in [-0.1, -0.05) is 94.4 Å². The quantitative estimate of drug-likeness (QED) is 0.122. The molecule has 3 aromatic carbocycles. The van der Waals surface area contributed by atoms with Crippen LogP contribution in [0.15, 0.2) is 97.2 Å². The summed E-state index contributed by atoms with van der Waals surface area (Å²) in [6.07, 6.45) is 5.24. The Morgan fingerprint density at radius 3 is 1.96 bits per heavy atom. The standard InChI is InChI=1S/C41H46N2O3/c1-27(2)24-30-15-19-32(20-16-30)40(33-21-17-31(18-22-33)25-28(3)4)42-35-11-8-10-34(26-35)41(46)39-29(5)36(13-9-14-38(44)45)43-23-7-6-12-37(39)43/h6-8,10-12,15-23,26-28,40,42H,9,13-14,24-25H2,1-5H3,(H,44,45). The van der Waals surface area contributed by atoms with Gasteiger partial charge < -0.3 is 14.8 Å². The van der Waals surface area contributed by atoms with Crippen LogP contribution in [0.25, 0.3) is 5.52 Å². The number of anilines is 1. The van der Waals surface area contributed by atoms with Gasteiger partial charge in [0, 0.05) is 29.6 Å². The molecule has 0 unspecified atom stereocenters. The van der Waals surface area contributed by atoms with Crippen molar-refractivity contribution in [3.05, 3.63) is 142 Å². The van der Waals surface area contributed by atoms with Crippen LogP contribution in [-0.2, 0) is 24.1 Å². The molecule has 0 bridgehead atoms. The third-order valence-electron chi connectivity index (χ3n) is 8.60. The average Bonchev–Trinajstić information content (AvgIpc) is 3.30. The lowest BCUT2D eigenvalue weighted by Crippen LogP contribution is -2.13. The predicted molar refractivity (Wildman–Crippen MR) is 188 cm³/mol. The number of ketones is 1. The molecule has 0 spiro atoms. The van der Waals surface area contributed by atoms with Gasteiger partial charge in [-0.05, 0) is 96.5 Å². The summed E-state index contributed by atoms with van der Waals surface area (Å²) in [7, 11) is 0. The van der Waals surface area contributed by atoms with Crippen molar-refractivity contribution < 1.29 is 14.7 Å². The highest BCUT2D eigenvalue weighted by Gasteiger charge is 2.22. The van der Waals surface area contributed by atoms with Crippen LogP contribution in [-0.4, -0.2) is 21.3 Å². The van der Waals surface area contributed by atoms with E-state index < -0.39 is 5.97 Å². The molecule has 5 rings (SSSR count). The summed E-state index contributed by atoms with van der Waals surface area (Å²) >= 11 is 0. The molecule has 2 aromatic heterocycles. The van der Waals surface area contributed by atoms with E-state index in [4.69, 9.17) is 5.11 Å². The van der Waals surface area contributed by atoms with Crippen LogP contribution in [0.3, 0.4) is 0 Å². The third-order valence-corrected chi connectivity index (χ3v) is 8.60. The van der Waals surface area contributed by atoms with Gasteiger partial charge in [0.05, 0.1) is 17.1 Å². The molecule has 0 radical (unpaired) electrons. The minimum absolute atomic E-state index is 0.0399. The molecule has 0 aliphatic carbocycles. The first-order valence-electron chi connectivity index (χ1n) is 16.5. The lowest BCUT2D eigenvalue weighted by molar-refractivity contribution is -0.137. The summed E-state index contributed by atoms with van der Waals surface area (Å²) in [6, 6.07) is 31.3. The SMILES string of the molecule is Cc1c(C(=O)c2cccc(NC(c3ccc(CC(C)C)cc3)c3ccc(CC(C)C)cc3)c2)c2ccccn2c1CCCC(=O)O. The minimum atomic E-state index is -0.810. The highest BCUT2D eigenvalue weighted by molar-refractivity contribution is 6.15. The van der Waals surface area contributed by atoms with Gasteiger partial charge >= 0.3 is 5.97 Å². The molecule has 5 nitrogen and oxygen atoms in total. The van der Waals surface area contributed by atoms with Gasteiger partial charge in [-0.25, -0.2) is 0 Å². The van der Waals surface area contributed by atoms with Crippen LogP contribution in [0.4, 0.5) is 5.69 Å². The number of nitrogens with one attached hydrogen (secondary N) is 1. The van der Waals surface area contributed by atoms with Crippen molar-refractivity contribution in [1.29, 1.82) is 0 Å². The minimum Gasteiger partial charge on any atom is -0.481 e. The van der Waals surface area contributed by atoms with E-state index in [-0.39, 0.29) is 18.2 Å². The molecule has 5 aromatic rings. The summed E-state index contributed by atoms with van der Waals surface area (Å²) in [5, 5.41) is 12.9. The Morgan fingerprint density at radius 1 is 0.783 bits per heavy atom. The maximum absolute atomic E-state index is 14.2. The Bertz CT molecular complexity index is 1740. The van der Waals surface area contributed by atoms with Gasteiger partial charge in [0.15, 0.2) is 5.78 Å². The number of carboxylic acids is 1. The summed E-state index contributed by atoms with van der Waals surface area (Å²) in [4.78, 5) is 25.3. The van der Waals surface area contributed by atoms with Crippen LogP contribution >= 0.6 is 0 Å². The topological polar surface area (TPSA) is 70.8 Å². The Kier molecular flexibility index (Phi) is 10.4. The molecule has 0 atom stereocenters. The van der Waals surface area contributed by atoms with Gasteiger partial charge in [-0.15, -0.1) is 0 Å². The monoisotopic (exact) mass is 614 g/mol. The fourth-order valence-electron chi connectivity index (χ4n) is 6.46. The maximum Gasteiger partial charge on any atom is 0.303 e. The Morgan fingerprint density at radius 2 is 1.39 bits per heavy atom. The van der Waals surface area contributed by atoms with E-state index in [0.717, 1.165) is 35.3 Å². The van der Waals surface area contributed by atoms with E-state index >= 15 is 0 Å². The van der Waals surface area contributed by atoms with Crippen molar-refractivity contribution in [2.75, 3.05) is 5.32 Å². The Hall–Kier alpha value is -4.64. The van der Waals surface area contributed by atoms with E-state index in [0.29, 0.717) is 35.8 Å². The van der Waals surface area contributed by atoms with Crippen molar-refractivity contribution in [1.82, 2.24) is 4.40 Å². The summed E-state index contributed by atoms with van der Waals surface area (Å²) < 4.78 is 2.04. The number of hydrogen-bond acceptors (Lipinski definition) is 3. The fourth-order valence-corrected chi connectivity index (χ4v) is 6.46. The van der Waals surface area contributed by atoms with E-state index in [9.17, 15) is 9.59 Å². The van der Waals surface area contributed by atoms with Gasteiger partial charge in [0.2, 0.25) is 0 Å². The normalized spacial score (nSPS) is 11.6. The number of fused-ring (bicyclic) bond motifs is 1. The number of aromatic nitrogens is 1. The highest BCUT2D eigenvalue weighted by Crippen LogP contribution is 2.31. The smallest absolute Gasteiger partial charge is 0.303 e. The summed E-state index contributed by atoms with van der Waals surface area (Å²) in [5.74, 6) is 0.337. The van der Waals surface area contributed by atoms with Crippen LogP contribution in [0.2, 0.25) is 0 Å². The molecule has 46 heavy (non-hydrogen) atoms. The number of carboxylic acid groups (broad SMARTS) is 1. The maximum atomic E-state index is 14.2. The highest BCUT2D eigenvalue weighted by atomic mass is 16.4. The van der Waals surface area contributed by atoms with E-state index in [1.165, 1.54) is 22.3 Å². The number of carbonyl (C=O) groups excluding carboxylic acids is 1. The number of hydrogen-bond donors (Lipinski definition) is 2. The second-order valence-corrected chi connectivity index (χ2v) is 13.3. The van der Waals surface area contributed by atoms with Crippen molar-refractivity contribution in [2.24, 2.45) is 11.8 Å². The molecule has 0 aliphatic rings. The molecule has 0 aliphatic heterocycles. The summed E-state index contributed by atoms with van der Waals surface area (Å²) in [6.45, 7) is 10.9. The number of carbonyl (C=O) groups is 2. The van der Waals surface area contributed by atoms with Crippen LogP contribution < -0.4 is 5.32 Å². The van der Waals surface area contributed by atoms with E-state index in [1.54, 1.807) is 0 Å². The number of aliphatic carboxylic acids is 1. The van der Waals surface area contributed by atoms with Gasteiger partial charge in [-0.2, -0.15) is 0 Å². The second-order valence-electron chi connectivity index (χ2n) is 13.3. The van der Waals surface area contributed by atoms with Crippen LogP contribution in [0, 0.1) is 18.8 Å². The zero-order chi connectivity index (χ0) is 32.8. The van der Waals surface area contributed by atoms with Gasteiger partial charge in [0.1, 0.15) is 0 Å². The molecule has 0 fully saturated rings. The number of aryl methyl sites for hydroxylation is 1. The predicted octanol–water partition coefficient (Wildman–Crippen LogP) is 9.48. The molecule has 5 heteroatoms. The van der Waals surface area contributed by atoms with Gasteiger partial charge in [0.25, 0.3) is 0 Å². The molecular formula is C41H46N2O3. The number of rotatable bonds is 14. The summed E-state index contributed by atoms with van der Waals surface area (Å²) in [5.41, 5.74) is 9.87. The zero-order valence-electron chi connectivity index (χ0n) is 27.7. The van der Waals surface area contributed by atoms with Crippen LogP contribution in [0.1, 0.15) is 96.0 Å². The van der Waals surface area contributed by atoms with Gasteiger partial charge in [-0.3, -0.25) is 9.59 Å². The molecule has 2 N–H and O–H groups in total. The lowest BCUT2D eigenvalue weighted by atomic mass is 9.93. The average molecular weight is 615 g/mol. The number of nitrogens with zero attached hydrogens (tertiary/aromatic N) is 1. The number of benzene rings is 3. The van der Waals surface area contributed by atoms with Crippen molar-refractivity contribution in [2.45, 2.75) is 72.8 Å². The lowest BCUT2D eigenvalue weighted by Gasteiger charge is -2.22. The Balaban J connectivity index is 1.47. The first-order chi connectivity index (χ1) is 22.1. The second kappa shape index (κ2) is 14.6. The van der Waals surface area contributed by atoms with Crippen molar-refractivity contribution in [3.8, 4) is 0 Å². The first kappa shape index (κ1) is 32.7. The largest absolute Gasteiger partial charge is 0.481 e. The molecule has 238 valence electrons. The number of pyridine rings is 1. The molecule has 2 heterocycles. The molecular weight excluding hydrogens is 568 g/mol. The molecule has 0 saturated heterocycles. The zero-order valence-corrected chi connectivity index (χ0v) is 27.7. The Labute approximate surface area is 273 Å². The fraction of sp³-hybridized carbons (Fsp3) is 0.317. The van der Waals surface area contributed by atoms with Crippen LogP contribution in [0.5, 0.6) is 0 Å². The molecule has 0 saturated carbocycles. The third kappa shape index (κ3) is 7.77. The van der Waals surface area contributed by atoms with E-state index in [1.807, 2.05) is 60.0 Å². The van der Waals surface area contributed by atoms with Crippen molar-refractivity contribution in [3.63, 3.8) is 0 Å². The first-order valence-corrected chi connectivity index (χ1v) is 16.5. The van der Waals surface area contributed by atoms with Crippen molar-refractivity contribution >= 4 is 23.0 Å². The molecule has 0 amide bonds.